The van der Waals surface area contributed by atoms with E-state index in [4.69, 9.17) is 20.2 Å². The molecule has 4 rings (SSSR count). The second-order valence-electron chi connectivity index (χ2n) is 5.01. The molecule has 0 saturated heterocycles. The van der Waals surface area contributed by atoms with E-state index in [1.54, 1.807) is 24.8 Å². The van der Waals surface area contributed by atoms with Gasteiger partial charge in [-0.15, -0.1) is 10.7 Å². The summed E-state index contributed by atoms with van der Waals surface area (Å²) >= 11 is 0. The van der Waals surface area contributed by atoms with Crippen molar-refractivity contribution in [3.63, 3.8) is 0 Å². The maximum Gasteiger partial charge on any atom is 0.0886 e. The predicted molar refractivity (Wildman–Crippen MR) is 113 cm³/mol. The Kier molecular flexibility index (Phi) is 15.8. The summed E-state index contributed by atoms with van der Waals surface area (Å²) in [7, 11) is 0. The van der Waals surface area contributed by atoms with E-state index in [0.29, 0.717) is 0 Å². The van der Waals surface area contributed by atoms with E-state index in [1.165, 1.54) is 0 Å². The Hall–Kier alpha value is -3.98. The van der Waals surface area contributed by atoms with Crippen molar-refractivity contribution in [2.45, 2.75) is 0 Å². The van der Waals surface area contributed by atoms with E-state index in [-0.39, 0.29) is 19.5 Å². The molecule has 0 fully saturated rings. The third-order valence-electron chi connectivity index (χ3n) is 3.18. The third kappa shape index (κ3) is 11.6. The smallest absolute Gasteiger partial charge is 0.0886 e. The van der Waals surface area contributed by atoms with Crippen LogP contribution in [0.5, 0.6) is 0 Å². The van der Waals surface area contributed by atoms with Gasteiger partial charge < -0.3 is 20.2 Å². The summed E-state index contributed by atoms with van der Waals surface area (Å²) in [6, 6.07) is 23.2. The second kappa shape index (κ2) is 18.1. The maximum atomic E-state index is 8.00. The molecule has 0 saturated carbocycles. The zero-order valence-electron chi connectivity index (χ0n) is 15.9. The van der Waals surface area contributed by atoms with Gasteiger partial charge >= 0.3 is 0 Å². The van der Waals surface area contributed by atoms with Gasteiger partial charge in [0.05, 0.1) is 22.8 Å². The van der Waals surface area contributed by atoms with Gasteiger partial charge in [0.1, 0.15) is 0 Å². The van der Waals surface area contributed by atoms with Crippen LogP contribution < -0.4 is 0 Å². The monoisotopic (exact) mass is 506 g/mol. The van der Waals surface area contributed by atoms with Crippen LogP contribution >= 0.6 is 0 Å². The summed E-state index contributed by atoms with van der Waals surface area (Å²) in [5.41, 5.74) is 3.66. The molecule has 4 aromatic heterocycles. The first-order chi connectivity index (χ1) is 14.8. The number of aromatic nitrogens is 4. The molecule has 0 aromatic carbocycles. The number of pyridine rings is 4. The normalized spacial score (nSPS) is 8.26. The minimum atomic E-state index is 0. The Morgan fingerprint density at radius 2 is 0.677 bits per heavy atom. The van der Waals surface area contributed by atoms with Gasteiger partial charge in [-0.05, 0) is 48.5 Å². The van der Waals surface area contributed by atoms with Crippen LogP contribution in [0, 0.1) is 20.2 Å². The van der Waals surface area contributed by atoms with Crippen LogP contribution in [0.25, 0.3) is 22.8 Å². The van der Waals surface area contributed by atoms with Crippen molar-refractivity contribution in [1.82, 2.24) is 19.9 Å². The quantitative estimate of drug-likeness (QED) is 0.214. The van der Waals surface area contributed by atoms with Gasteiger partial charge in [0.15, 0.2) is 0 Å². The first-order valence-corrected chi connectivity index (χ1v) is 8.31. The van der Waals surface area contributed by atoms with Gasteiger partial charge in [-0.3, -0.25) is 19.9 Å². The summed E-state index contributed by atoms with van der Waals surface area (Å²) < 4.78 is 0. The summed E-state index contributed by atoms with van der Waals surface area (Å²) in [4.78, 5) is 32.7. The zero-order chi connectivity index (χ0) is 21.9. The molecule has 0 spiro atoms. The topological polar surface area (TPSA) is 157 Å². The van der Waals surface area contributed by atoms with Crippen molar-refractivity contribution in [2.24, 2.45) is 10.7 Å². The Morgan fingerprint density at radius 1 is 0.484 bits per heavy atom. The van der Waals surface area contributed by atoms with E-state index in [2.05, 4.69) is 19.9 Å². The van der Waals surface area contributed by atoms with E-state index in [0.717, 1.165) is 33.5 Å². The van der Waals surface area contributed by atoms with Crippen molar-refractivity contribution in [2.75, 3.05) is 0 Å². The SMILES string of the molecule is O=N[O-].O=N[O-].[Ru].c1ccc(-c2ccccn2)nc1.c1ccc(-c2ccccn2)nc1. The summed E-state index contributed by atoms with van der Waals surface area (Å²) in [6.07, 6.45) is 7.07. The maximum absolute atomic E-state index is 8.00. The van der Waals surface area contributed by atoms with Gasteiger partial charge in [-0.2, -0.15) is 0 Å². The minimum absolute atomic E-state index is 0. The van der Waals surface area contributed by atoms with Crippen molar-refractivity contribution >= 4 is 0 Å². The molecule has 0 aliphatic rings. The Balaban J connectivity index is 0.000000453. The molecule has 0 bridgehead atoms. The Labute approximate surface area is 190 Å². The molecule has 0 aliphatic carbocycles. The van der Waals surface area contributed by atoms with Crippen LogP contribution in [0.3, 0.4) is 0 Å². The van der Waals surface area contributed by atoms with Crippen LogP contribution in [-0.4, -0.2) is 19.9 Å². The summed E-state index contributed by atoms with van der Waals surface area (Å²) in [5, 5.41) is 18.0. The van der Waals surface area contributed by atoms with Crippen LogP contribution in [0.1, 0.15) is 0 Å². The molecule has 4 aromatic rings. The van der Waals surface area contributed by atoms with Crippen molar-refractivity contribution in [1.29, 1.82) is 0 Å². The van der Waals surface area contributed by atoms with E-state index < -0.39 is 0 Å². The van der Waals surface area contributed by atoms with E-state index >= 15 is 0 Å². The van der Waals surface area contributed by atoms with Gasteiger partial charge in [0.2, 0.25) is 0 Å². The van der Waals surface area contributed by atoms with Crippen LogP contribution in [-0.2, 0) is 19.5 Å². The number of nitrogens with zero attached hydrogens (tertiary/aromatic N) is 6. The Morgan fingerprint density at radius 3 is 0.806 bits per heavy atom. The van der Waals surface area contributed by atoms with Crippen molar-refractivity contribution in [3.8, 4) is 22.8 Å². The fraction of sp³-hybridized carbons (Fsp3) is 0. The predicted octanol–water partition coefficient (Wildman–Crippen LogP) is 4.79. The standard InChI is InChI=1S/2C10H8N2.2HNO2.Ru/c2*1-3-7-11-9(5-1)10-6-2-4-8-12-10;2*2-1-3;/h2*1-8H;2*(H,2,3);/p-2. The molecule has 0 aliphatic heterocycles. The molecule has 0 N–H and O–H groups in total. The number of rotatable bonds is 2. The van der Waals surface area contributed by atoms with Crippen LogP contribution in [0.2, 0.25) is 0 Å². The third-order valence-corrected chi connectivity index (χ3v) is 3.18. The average Bonchev–Trinajstić information content (AvgIpc) is 2.83. The van der Waals surface area contributed by atoms with Crippen molar-refractivity contribution in [3.05, 3.63) is 118 Å². The molecule has 11 heteroatoms. The van der Waals surface area contributed by atoms with E-state index in [9.17, 15) is 0 Å². The van der Waals surface area contributed by atoms with Crippen LogP contribution in [0.15, 0.2) is 108 Å². The molecule has 0 atom stereocenters. The van der Waals surface area contributed by atoms with Crippen LogP contribution in [0.4, 0.5) is 0 Å². The molecule has 10 nitrogen and oxygen atoms in total. The van der Waals surface area contributed by atoms with Gasteiger partial charge in [0, 0.05) is 44.3 Å². The first kappa shape index (κ1) is 27.0. The first-order valence-electron chi connectivity index (χ1n) is 8.31. The fourth-order valence-electron chi connectivity index (χ4n) is 2.06. The summed E-state index contributed by atoms with van der Waals surface area (Å²) in [5.74, 6) is 0. The van der Waals surface area contributed by atoms with Gasteiger partial charge in [-0.25, -0.2) is 0 Å². The second-order valence-corrected chi connectivity index (χ2v) is 5.01. The Bertz CT molecular complexity index is 796. The fourth-order valence-corrected chi connectivity index (χ4v) is 2.06. The molecule has 4 heterocycles. The molecule has 31 heavy (non-hydrogen) atoms. The molecule has 0 unspecified atom stereocenters. The molecular formula is C20H16N6O4Ru-2. The molecule has 0 radical (unpaired) electrons. The van der Waals surface area contributed by atoms with Gasteiger partial charge in [-0.1, -0.05) is 24.3 Å². The van der Waals surface area contributed by atoms with Crippen molar-refractivity contribution < 1.29 is 19.5 Å². The molecule has 0 amide bonds. The minimum Gasteiger partial charge on any atom is -0.444 e. The van der Waals surface area contributed by atoms with Gasteiger partial charge in [0.25, 0.3) is 0 Å². The molecular weight excluding hydrogens is 489 g/mol. The summed E-state index contributed by atoms with van der Waals surface area (Å²) in [6.45, 7) is 0. The van der Waals surface area contributed by atoms with E-state index in [1.807, 2.05) is 72.8 Å². The average molecular weight is 505 g/mol. The number of hydrogen-bond donors (Lipinski definition) is 0. The zero-order valence-corrected chi connectivity index (χ0v) is 17.6. The number of hydrogen-bond acceptors (Lipinski definition) is 10. The largest absolute Gasteiger partial charge is 0.444 e. The molecule has 160 valence electrons.